The number of thiocarbonyl (C=S) groups is 1. The van der Waals surface area contributed by atoms with Crippen molar-refractivity contribution in [1.82, 2.24) is 14.9 Å². The van der Waals surface area contributed by atoms with Crippen molar-refractivity contribution in [1.29, 1.82) is 0 Å². The van der Waals surface area contributed by atoms with Crippen LogP contribution in [0.4, 0.5) is 11.4 Å². The Hall–Kier alpha value is -3.24. The third-order valence-corrected chi connectivity index (χ3v) is 4.63. The quantitative estimate of drug-likeness (QED) is 0.549. The van der Waals surface area contributed by atoms with E-state index in [0.29, 0.717) is 23.0 Å². The van der Waals surface area contributed by atoms with Crippen LogP contribution in [0.5, 0.6) is 11.5 Å². The standard InChI is InChI=1S/C18H15N5O3S2/c24-17(14-9-28-23-22-14)20-12-2-4-13(5-3-12)21-18(27)19-8-11-1-6-15-16(7-11)26-10-25-15/h1-7,9H,8,10H2,(H,20,24)(H2,19,21,27). The minimum Gasteiger partial charge on any atom is -0.454 e. The Morgan fingerprint density at radius 1 is 1.07 bits per heavy atom. The molecule has 0 aliphatic carbocycles. The Kier molecular flexibility index (Phi) is 5.31. The van der Waals surface area contributed by atoms with E-state index in [2.05, 4.69) is 25.5 Å². The predicted molar refractivity (Wildman–Crippen MR) is 110 cm³/mol. The summed E-state index contributed by atoms with van der Waals surface area (Å²) in [5.41, 5.74) is 2.78. The smallest absolute Gasteiger partial charge is 0.277 e. The lowest BCUT2D eigenvalue weighted by atomic mass is 10.2. The molecule has 1 aromatic heterocycles. The highest BCUT2D eigenvalue weighted by atomic mass is 32.1. The first kappa shape index (κ1) is 18.1. The van der Waals surface area contributed by atoms with Gasteiger partial charge in [0, 0.05) is 23.3 Å². The average Bonchev–Trinajstić information content (AvgIpc) is 3.39. The molecule has 0 spiro atoms. The molecule has 0 bridgehead atoms. The maximum atomic E-state index is 12.0. The normalized spacial score (nSPS) is 11.7. The summed E-state index contributed by atoms with van der Waals surface area (Å²) in [4.78, 5) is 12.0. The van der Waals surface area contributed by atoms with E-state index in [4.69, 9.17) is 21.7 Å². The van der Waals surface area contributed by atoms with Crippen molar-refractivity contribution >= 4 is 46.1 Å². The van der Waals surface area contributed by atoms with Crippen LogP contribution in [0.2, 0.25) is 0 Å². The molecule has 142 valence electrons. The SMILES string of the molecule is O=C(Nc1ccc(NC(=S)NCc2ccc3c(c2)OCO3)cc1)c1csnn1. The first-order chi connectivity index (χ1) is 13.7. The highest BCUT2D eigenvalue weighted by molar-refractivity contribution is 7.80. The lowest BCUT2D eigenvalue weighted by Crippen LogP contribution is -2.27. The lowest BCUT2D eigenvalue weighted by Gasteiger charge is -2.11. The van der Waals surface area contributed by atoms with Gasteiger partial charge in [-0.15, -0.1) is 5.10 Å². The van der Waals surface area contributed by atoms with Crippen LogP contribution in [0.25, 0.3) is 0 Å². The van der Waals surface area contributed by atoms with Crippen molar-refractivity contribution in [3.05, 3.63) is 59.1 Å². The molecule has 10 heteroatoms. The molecule has 3 aromatic rings. The summed E-state index contributed by atoms with van der Waals surface area (Å²) in [6, 6.07) is 13.0. The number of hydrogen-bond acceptors (Lipinski definition) is 7. The zero-order chi connectivity index (χ0) is 19.3. The van der Waals surface area contributed by atoms with Gasteiger partial charge in [0.25, 0.3) is 5.91 Å². The minimum atomic E-state index is -0.296. The summed E-state index contributed by atoms with van der Waals surface area (Å²) in [6.45, 7) is 0.807. The van der Waals surface area contributed by atoms with Gasteiger partial charge in [0.2, 0.25) is 6.79 Å². The van der Waals surface area contributed by atoms with Gasteiger partial charge in [0.1, 0.15) is 0 Å². The summed E-state index contributed by atoms with van der Waals surface area (Å²) in [5, 5.41) is 14.8. The molecule has 0 atom stereocenters. The molecule has 1 aliphatic rings. The molecular formula is C18H15N5O3S2. The number of carbonyl (C=O) groups is 1. The molecule has 0 saturated carbocycles. The number of nitrogens with one attached hydrogen (secondary N) is 3. The Morgan fingerprint density at radius 3 is 2.57 bits per heavy atom. The maximum Gasteiger partial charge on any atom is 0.277 e. The van der Waals surface area contributed by atoms with E-state index in [1.807, 2.05) is 30.3 Å². The van der Waals surface area contributed by atoms with Gasteiger partial charge in [-0.3, -0.25) is 4.79 Å². The van der Waals surface area contributed by atoms with E-state index in [1.165, 1.54) is 0 Å². The predicted octanol–water partition coefficient (Wildman–Crippen LogP) is 3.01. The molecule has 28 heavy (non-hydrogen) atoms. The van der Waals surface area contributed by atoms with E-state index in [9.17, 15) is 4.79 Å². The van der Waals surface area contributed by atoms with Gasteiger partial charge in [-0.05, 0) is 65.7 Å². The van der Waals surface area contributed by atoms with Gasteiger partial charge < -0.3 is 25.4 Å². The van der Waals surface area contributed by atoms with E-state index in [-0.39, 0.29) is 12.7 Å². The number of fused-ring (bicyclic) bond motifs is 1. The summed E-state index contributed by atoms with van der Waals surface area (Å²) in [5.74, 6) is 1.20. The molecule has 8 nitrogen and oxygen atoms in total. The Bertz CT molecular complexity index is 993. The van der Waals surface area contributed by atoms with Crippen LogP contribution in [0.15, 0.2) is 47.8 Å². The van der Waals surface area contributed by atoms with Crippen LogP contribution < -0.4 is 25.4 Å². The zero-order valence-electron chi connectivity index (χ0n) is 14.5. The number of carbonyl (C=O) groups excluding carboxylic acids is 1. The molecule has 0 saturated heterocycles. The van der Waals surface area contributed by atoms with Crippen LogP contribution in [0.3, 0.4) is 0 Å². The number of nitrogens with zero attached hydrogens (tertiary/aromatic N) is 2. The van der Waals surface area contributed by atoms with E-state index < -0.39 is 0 Å². The Balaban J connectivity index is 1.28. The molecule has 0 radical (unpaired) electrons. The van der Waals surface area contributed by atoms with Crippen molar-refractivity contribution in [2.24, 2.45) is 0 Å². The Labute approximate surface area is 170 Å². The van der Waals surface area contributed by atoms with Gasteiger partial charge in [0.05, 0.1) is 0 Å². The fourth-order valence-corrected chi connectivity index (χ4v) is 3.13. The summed E-state index contributed by atoms with van der Waals surface area (Å²) >= 11 is 6.46. The fraction of sp³-hybridized carbons (Fsp3) is 0.111. The number of rotatable bonds is 5. The van der Waals surface area contributed by atoms with Crippen LogP contribution >= 0.6 is 23.8 Å². The number of ether oxygens (including phenoxy) is 2. The molecule has 0 fully saturated rings. The number of benzene rings is 2. The van der Waals surface area contributed by atoms with E-state index in [0.717, 1.165) is 34.3 Å². The summed E-state index contributed by atoms with van der Waals surface area (Å²) < 4.78 is 14.3. The maximum absolute atomic E-state index is 12.0. The number of amides is 1. The molecule has 3 N–H and O–H groups in total. The average molecular weight is 413 g/mol. The first-order valence-electron chi connectivity index (χ1n) is 8.29. The third kappa shape index (κ3) is 4.35. The molecule has 1 amide bonds. The topological polar surface area (TPSA) is 97.4 Å². The van der Waals surface area contributed by atoms with Crippen molar-refractivity contribution < 1.29 is 14.3 Å². The van der Waals surface area contributed by atoms with Crippen molar-refractivity contribution in [2.75, 3.05) is 17.4 Å². The zero-order valence-corrected chi connectivity index (χ0v) is 16.1. The molecule has 4 rings (SSSR count). The molecule has 2 aromatic carbocycles. The van der Waals surface area contributed by atoms with Gasteiger partial charge in [0.15, 0.2) is 22.3 Å². The van der Waals surface area contributed by atoms with Crippen LogP contribution in [-0.2, 0) is 6.54 Å². The second kappa shape index (κ2) is 8.19. The largest absolute Gasteiger partial charge is 0.454 e. The summed E-state index contributed by atoms with van der Waals surface area (Å²) in [7, 11) is 0. The van der Waals surface area contributed by atoms with Crippen LogP contribution in [0.1, 0.15) is 16.1 Å². The number of anilines is 2. The van der Waals surface area contributed by atoms with E-state index >= 15 is 0 Å². The van der Waals surface area contributed by atoms with Crippen LogP contribution in [0, 0.1) is 0 Å². The molecule has 0 unspecified atom stereocenters. The molecule has 1 aliphatic heterocycles. The fourth-order valence-electron chi connectivity index (χ4n) is 2.50. The first-order valence-corrected chi connectivity index (χ1v) is 9.54. The highest BCUT2D eigenvalue weighted by Gasteiger charge is 2.13. The third-order valence-electron chi connectivity index (χ3n) is 3.88. The van der Waals surface area contributed by atoms with E-state index in [1.54, 1.807) is 17.5 Å². The number of hydrogen-bond donors (Lipinski definition) is 3. The van der Waals surface area contributed by atoms with Crippen molar-refractivity contribution in [2.45, 2.75) is 6.54 Å². The van der Waals surface area contributed by atoms with Gasteiger partial charge >= 0.3 is 0 Å². The second-order valence-electron chi connectivity index (χ2n) is 5.82. The molecular weight excluding hydrogens is 398 g/mol. The Morgan fingerprint density at radius 2 is 1.82 bits per heavy atom. The monoisotopic (exact) mass is 413 g/mol. The number of aromatic nitrogens is 2. The molecule has 2 heterocycles. The highest BCUT2D eigenvalue weighted by Crippen LogP contribution is 2.32. The summed E-state index contributed by atoms with van der Waals surface area (Å²) in [6.07, 6.45) is 0. The van der Waals surface area contributed by atoms with Crippen molar-refractivity contribution in [3.8, 4) is 11.5 Å². The van der Waals surface area contributed by atoms with Gasteiger partial charge in [-0.2, -0.15) is 0 Å². The van der Waals surface area contributed by atoms with Crippen molar-refractivity contribution in [3.63, 3.8) is 0 Å². The van der Waals surface area contributed by atoms with Crippen LogP contribution in [-0.4, -0.2) is 27.4 Å². The van der Waals surface area contributed by atoms with Gasteiger partial charge in [-0.1, -0.05) is 10.6 Å². The van der Waals surface area contributed by atoms with Gasteiger partial charge in [-0.25, -0.2) is 0 Å². The minimum absolute atomic E-state index is 0.253. The lowest BCUT2D eigenvalue weighted by molar-refractivity contribution is 0.102. The second-order valence-corrected chi connectivity index (χ2v) is 6.83.